The Balaban J connectivity index is 1.35. The summed E-state index contributed by atoms with van der Waals surface area (Å²) in [5, 5.41) is 8.93. The summed E-state index contributed by atoms with van der Waals surface area (Å²) in [7, 11) is -4.48. The number of likely N-dealkylation sites (tertiary alicyclic amines) is 1. The monoisotopic (exact) mass is 644 g/mol. The molecule has 1 aromatic heterocycles. The Labute approximate surface area is 257 Å². The highest BCUT2D eigenvalue weighted by Crippen LogP contribution is 2.39. The number of piperidine rings is 1. The van der Waals surface area contributed by atoms with E-state index in [0.717, 1.165) is 11.1 Å². The number of nitrogens with zero attached hydrogens (tertiary/aromatic N) is 3. The molecule has 0 radical (unpaired) electrons. The quantitative estimate of drug-likeness (QED) is 0.235. The predicted molar refractivity (Wildman–Crippen MR) is 159 cm³/mol. The number of rotatable bonds is 8. The summed E-state index contributed by atoms with van der Waals surface area (Å²) < 4.78 is 79.3. The van der Waals surface area contributed by atoms with Gasteiger partial charge in [-0.05, 0) is 48.2 Å². The fourth-order valence-electron chi connectivity index (χ4n) is 5.26. The lowest BCUT2D eigenvalue weighted by Gasteiger charge is -2.32. The molecule has 4 aromatic rings. The smallest absolute Gasteiger partial charge is 0.410 e. The lowest BCUT2D eigenvalue weighted by molar-refractivity contribution is -0.152. The van der Waals surface area contributed by atoms with Crippen molar-refractivity contribution in [3.8, 4) is 6.07 Å². The van der Waals surface area contributed by atoms with Gasteiger partial charge in [-0.15, -0.1) is 0 Å². The zero-order chi connectivity index (χ0) is 31.5. The SMILES string of the molecule is N#Cc1ccc2c(C(NS(=O)(=O)C3CCN(C(=O)OCc4ccccc4)CC3)C(F)(F)F)cn(Cc3ccc(Cl)cc3)c2c1. The molecule has 1 aliphatic rings. The van der Waals surface area contributed by atoms with Crippen LogP contribution in [0.15, 0.2) is 79.0 Å². The van der Waals surface area contributed by atoms with Crippen LogP contribution in [0, 0.1) is 11.3 Å². The van der Waals surface area contributed by atoms with Crippen LogP contribution in [0.2, 0.25) is 5.02 Å². The maximum absolute atomic E-state index is 14.6. The zero-order valence-corrected chi connectivity index (χ0v) is 24.9. The molecule has 230 valence electrons. The Morgan fingerprint density at radius 3 is 2.36 bits per heavy atom. The molecule has 0 bridgehead atoms. The molecule has 1 fully saturated rings. The van der Waals surface area contributed by atoms with Crippen LogP contribution in [-0.4, -0.2) is 48.5 Å². The van der Waals surface area contributed by atoms with E-state index in [2.05, 4.69) is 0 Å². The summed E-state index contributed by atoms with van der Waals surface area (Å²) in [6.45, 7) is 0.257. The molecular formula is C31H28ClF3N4O4S. The van der Waals surface area contributed by atoms with Gasteiger partial charge in [0.2, 0.25) is 10.0 Å². The number of carbonyl (C=O) groups is 1. The number of nitriles is 1. The number of hydrogen-bond donors (Lipinski definition) is 1. The Morgan fingerprint density at radius 1 is 1.05 bits per heavy atom. The molecule has 0 aliphatic carbocycles. The zero-order valence-electron chi connectivity index (χ0n) is 23.3. The Kier molecular flexibility index (Phi) is 9.20. The topological polar surface area (TPSA) is 104 Å². The van der Waals surface area contributed by atoms with Gasteiger partial charge in [0, 0.05) is 47.3 Å². The van der Waals surface area contributed by atoms with Crippen molar-refractivity contribution in [2.75, 3.05) is 13.1 Å². The van der Waals surface area contributed by atoms with Gasteiger partial charge < -0.3 is 14.2 Å². The minimum absolute atomic E-state index is 0.0211. The lowest BCUT2D eigenvalue weighted by atomic mass is 10.0. The van der Waals surface area contributed by atoms with Crippen molar-refractivity contribution in [2.45, 2.75) is 43.5 Å². The van der Waals surface area contributed by atoms with Crippen molar-refractivity contribution < 1.29 is 31.1 Å². The third-order valence-corrected chi connectivity index (χ3v) is 9.74. The van der Waals surface area contributed by atoms with Gasteiger partial charge in [-0.3, -0.25) is 0 Å². The molecule has 1 atom stereocenters. The first-order valence-electron chi connectivity index (χ1n) is 13.8. The number of benzene rings is 3. The molecule has 44 heavy (non-hydrogen) atoms. The number of sulfonamides is 1. The molecule has 8 nitrogen and oxygen atoms in total. The average Bonchev–Trinajstić information content (AvgIpc) is 3.36. The van der Waals surface area contributed by atoms with Gasteiger partial charge >= 0.3 is 12.3 Å². The van der Waals surface area contributed by atoms with Gasteiger partial charge in [0.05, 0.1) is 16.9 Å². The first-order valence-corrected chi connectivity index (χ1v) is 15.7. The van der Waals surface area contributed by atoms with Crippen molar-refractivity contribution in [3.05, 3.63) is 106 Å². The normalized spacial score (nSPS) is 15.2. The number of aromatic nitrogens is 1. The van der Waals surface area contributed by atoms with Crippen LogP contribution in [0.4, 0.5) is 18.0 Å². The molecule has 1 unspecified atom stereocenters. The number of halogens is 4. The first-order chi connectivity index (χ1) is 20.9. The van der Waals surface area contributed by atoms with Gasteiger partial charge in [0.15, 0.2) is 0 Å². The number of amides is 1. The molecule has 1 saturated heterocycles. The van der Waals surface area contributed by atoms with E-state index in [0.29, 0.717) is 10.5 Å². The van der Waals surface area contributed by atoms with Crippen LogP contribution in [0.5, 0.6) is 0 Å². The van der Waals surface area contributed by atoms with Gasteiger partial charge in [-0.1, -0.05) is 60.1 Å². The summed E-state index contributed by atoms with van der Waals surface area (Å²) in [6, 6.07) is 19.5. The summed E-state index contributed by atoms with van der Waals surface area (Å²) in [6.07, 6.45) is -4.42. The lowest BCUT2D eigenvalue weighted by Crippen LogP contribution is -2.48. The maximum Gasteiger partial charge on any atom is 0.410 e. The van der Waals surface area contributed by atoms with Crippen LogP contribution in [-0.2, 0) is 27.9 Å². The van der Waals surface area contributed by atoms with Crippen LogP contribution in [0.3, 0.4) is 0 Å². The molecule has 3 aromatic carbocycles. The van der Waals surface area contributed by atoms with Crippen LogP contribution in [0.1, 0.15) is 41.1 Å². The van der Waals surface area contributed by atoms with E-state index in [1.807, 2.05) is 29.0 Å². The fraction of sp³-hybridized carbons (Fsp3) is 0.290. The second-order valence-electron chi connectivity index (χ2n) is 10.5. The van der Waals surface area contributed by atoms with Crippen molar-refractivity contribution in [1.29, 1.82) is 5.26 Å². The third kappa shape index (κ3) is 7.18. The highest BCUT2D eigenvalue weighted by Gasteiger charge is 2.46. The van der Waals surface area contributed by atoms with Crippen molar-refractivity contribution in [1.82, 2.24) is 14.2 Å². The van der Waals surface area contributed by atoms with Gasteiger partial charge in [0.1, 0.15) is 12.6 Å². The van der Waals surface area contributed by atoms with E-state index in [-0.39, 0.29) is 55.6 Å². The van der Waals surface area contributed by atoms with Gasteiger partial charge in [0.25, 0.3) is 0 Å². The van der Waals surface area contributed by atoms with E-state index in [4.69, 9.17) is 16.3 Å². The molecule has 1 amide bonds. The molecule has 1 aliphatic heterocycles. The summed E-state index contributed by atoms with van der Waals surface area (Å²) >= 11 is 5.97. The number of nitrogens with one attached hydrogen (secondary N) is 1. The molecular weight excluding hydrogens is 617 g/mol. The van der Waals surface area contributed by atoms with Crippen LogP contribution in [0.25, 0.3) is 10.9 Å². The van der Waals surface area contributed by atoms with E-state index in [1.54, 1.807) is 41.0 Å². The number of alkyl halides is 3. The second-order valence-corrected chi connectivity index (χ2v) is 13.0. The summed E-state index contributed by atoms with van der Waals surface area (Å²) in [5.41, 5.74) is 1.86. The molecule has 0 saturated carbocycles. The maximum atomic E-state index is 14.6. The van der Waals surface area contributed by atoms with E-state index in [1.165, 1.54) is 29.3 Å². The van der Waals surface area contributed by atoms with E-state index in [9.17, 15) is 31.6 Å². The predicted octanol–water partition coefficient (Wildman–Crippen LogP) is 6.54. The standard InChI is InChI=1S/C31H28ClF3N4O4S/c32-24-9-6-21(7-10-24)18-39-19-27(26-11-8-23(17-36)16-28(26)39)29(31(33,34)35)37-44(41,42)25-12-14-38(15-13-25)30(40)43-20-22-4-2-1-3-5-22/h1-11,16,19,25,29,37H,12-15,18,20H2. The second kappa shape index (κ2) is 12.9. The number of carbonyl (C=O) groups excluding carboxylic acids is 1. The van der Waals surface area contributed by atoms with Crippen molar-refractivity contribution in [3.63, 3.8) is 0 Å². The Morgan fingerprint density at radius 2 is 1.73 bits per heavy atom. The minimum Gasteiger partial charge on any atom is -0.445 e. The Hall–Kier alpha value is -4.05. The largest absolute Gasteiger partial charge is 0.445 e. The average molecular weight is 645 g/mol. The van der Waals surface area contributed by atoms with E-state index >= 15 is 0 Å². The molecule has 1 N–H and O–H groups in total. The molecule has 5 rings (SSSR count). The fourth-order valence-corrected chi connectivity index (χ4v) is 7.00. The molecule has 0 spiro atoms. The Bertz CT molecular complexity index is 1780. The molecule has 13 heteroatoms. The third-order valence-electron chi connectivity index (χ3n) is 7.57. The summed E-state index contributed by atoms with van der Waals surface area (Å²) in [4.78, 5) is 13.9. The summed E-state index contributed by atoms with van der Waals surface area (Å²) in [5.74, 6) is 0. The first kappa shape index (κ1) is 31.4. The van der Waals surface area contributed by atoms with Crippen LogP contribution < -0.4 is 4.72 Å². The van der Waals surface area contributed by atoms with E-state index < -0.39 is 33.6 Å². The number of ether oxygens (including phenoxy) is 1. The van der Waals surface area contributed by atoms with Gasteiger partial charge in [-0.25, -0.2) is 13.2 Å². The minimum atomic E-state index is -4.97. The van der Waals surface area contributed by atoms with Crippen LogP contribution >= 0.6 is 11.6 Å². The van der Waals surface area contributed by atoms with Crippen molar-refractivity contribution in [2.24, 2.45) is 0 Å². The number of fused-ring (bicyclic) bond motifs is 1. The highest BCUT2D eigenvalue weighted by molar-refractivity contribution is 7.90. The molecule has 2 heterocycles. The van der Waals surface area contributed by atoms with Gasteiger partial charge in [-0.2, -0.15) is 23.2 Å². The van der Waals surface area contributed by atoms with Crippen molar-refractivity contribution >= 4 is 38.6 Å². The number of hydrogen-bond acceptors (Lipinski definition) is 5. The highest BCUT2D eigenvalue weighted by atomic mass is 35.5.